The maximum Gasteiger partial charge on any atom is 0.407 e. The molecular formula is C23H23F4N3O. The molecule has 1 fully saturated rings. The topological polar surface area (TPSA) is 64.9 Å². The van der Waals surface area contributed by atoms with Crippen molar-refractivity contribution in [3.05, 3.63) is 59.9 Å². The molecule has 0 aromatic heterocycles. The fourth-order valence-electron chi connectivity index (χ4n) is 3.38. The zero-order valence-electron chi connectivity index (χ0n) is 17.0. The summed E-state index contributed by atoms with van der Waals surface area (Å²) in [6.45, 7) is 1.78. The molecule has 1 saturated carbocycles. The number of nitriles is 1. The Hall–Kier alpha value is -2.92. The Morgan fingerprint density at radius 3 is 2.10 bits per heavy atom. The van der Waals surface area contributed by atoms with Gasteiger partial charge in [0.05, 0.1) is 12.1 Å². The monoisotopic (exact) mass is 433 g/mol. The quantitative estimate of drug-likeness (QED) is 0.574. The Morgan fingerprint density at radius 2 is 1.65 bits per heavy atom. The van der Waals surface area contributed by atoms with Crippen molar-refractivity contribution in [2.24, 2.45) is 0 Å². The van der Waals surface area contributed by atoms with Crippen molar-refractivity contribution in [3.8, 4) is 17.2 Å². The van der Waals surface area contributed by atoms with E-state index in [0.717, 1.165) is 0 Å². The first-order valence-electron chi connectivity index (χ1n) is 10.1. The van der Waals surface area contributed by atoms with Crippen LogP contribution >= 0.6 is 0 Å². The molecule has 31 heavy (non-hydrogen) atoms. The van der Waals surface area contributed by atoms with Gasteiger partial charge in [0, 0.05) is 0 Å². The third-order valence-electron chi connectivity index (χ3n) is 5.34. The molecule has 2 aromatic rings. The van der Waals surface area contributed by atoms with Gasteiger partial charge in [0.1, 0.15) is 17.4 Å². The lowest BCUT2D eigenvalue weighted by Crippen LogP contribution is -2.51. The van der Waals surface area contributed by atoms with Crippen LogP contribution in [0.5, 0.6) is 0 Å². The molecular weight excluding hydrogens is 410 g/mol. The summed E-state index contributed by atoms with van der Waals surface area (Å²) in [6, 6.07) is 10.3. The fourth-order valence-corrected chi connectivity index (χ4v) is 3.38. The summed E-state index contributed by atoms with van der Waals surface area (Å²) in [5, 5.41) is 14.2. The number of hydrogen-bond acceptors (Lipinski definition) is 3. The number of carbonyl (C=O) groups excluding carboxylic acids is 1. The van der Waals surface area contributed by atoms with Crippen LogP contribution in [0.15, 0.2) is 48.5 Å². The van der Waals surface area contributed by atoms with Crippen molar-refractivity contribution in [3.63, 3.8) is 0 Å². The Balaban J connectivity index is 1.81. The molecule has 2 N–H and O–H groups in total. The summed E-state index contributed by atoms with van der Waals surface area (Å²) in [4.78, 5) is 12.6. The lowest BCUT2D eigenvalue weighted by atomic mass is 9.99. The van der Waals surface area contributed by atoms with Gasteiger partial charge in [-0.3, -0.25) is 10.1 Å². The number of nitrogens with zero attached hydrogens (tertiary/aromatic N) is 1. The predicted octanol–water partition coefficient (Wildman–Crippen LogP) is 5.03. The summed E-state index contributed by atoms with van der Waals surface area (Å²) in [7, 11) is 0. The molecule has 0 aliphatic heterocycles. The highest BCUT2D eigenvalue weighted by molar-refractivity contribution is 5.83. The zero-order valence-corrected chi connectivity index (χ0v) is 17.0. The summed E-state index contributed by atoms with van der Waals surface area (Å²) < 4.78 is 54.7. The molecule has 2 aromatic carbocycles. The van der Waals surface area contributed by atoms with Crippen molar-refractivity contribution in [1.82, 2.24) is 10.6 Å². The fraction of sp³-hybridized carbons (Fsp3) is 0.391. The minimum Gasteiger partial charge on any atom is -0.336 e. The molecule has 0 radical (unpaired) electrons. The van der Waals surface area contributed by atoms with Gasteiger partial charge in [0.2, 0.25) is 5.91 Å². The van der Waals surface area contributed by atoms with Crippen LogP contribution in [-0.2, 0) is 4.79 Å². The lowest BCUT2D eigenvalue weighted by molar-refractivity contribution is -0.161. The van der Waals surface area contributed by atoms with Crippen molar-refractivity contribution < 1.29 is 22.4 Å². The number of rotatable bonds is 8. The second-order valence-electron chi connectivity index (χ2n) is 7.79. The van der Waals surface area contributed by atoms with Crippen LogP contribution in [0, 0.1) is 17.1 Å². The van der Waals surface area contributed by atoms with Gasteiger partial charge in [0.15, 0.2) is 0 Å². The first-order chi connectivity index (χ1) is 14.7. The van der Waals surface area contributed by atoms with Crippen molar-refractivity contribution in [2.75, 3.05) is 0 Å². The van der Waals surface area contributed by atoms with Crippen molar-refractivity contribution >= 4 is 5.91 Å². The van der Waals surface area contributed by atoms with Crippen LogP contribution in [0.4, 0.5) is 17.6 Å². The number of halogens is 4. The minimum absolute atomic E-state index is 0.0336. The molecule has 1 aliphatic rings. The average molecular weight is 433 g/mol. The zero-order chi connectivity index (χ0) is 22.6. The Bertz CT molecular complexity index is 945. The lowest BCUT2D eigenvalue weighted by Gasteiger charge is -2.28. The van der Waals surface area contributed by atoms with Crippen molar-refractivity contribution in [2.45, 2.75) is 56.4 Å². The molecule has 164 valence electrons. The van der Waals surface area contributed by atoms with Gasteiger partial charge in [-0.2, -0.15) is 18.4 Å². The average Bonchev–Trinajstić information content (AvgIpc) is 3.51. The molecule has 0 unspecified atom stereocenters. The van der Waals surface area contributed by atoms with Gasteiger partial charge in [-0.1, -0.05) is 49.7 Å². The molecule has 1 amide bonds. The van der Waals surface area contributed by atoms with E-state index in [1.165, 1.54) is 36.4 Å². The van der Waals surface area contributed by atoms with E-state index in [1.54, 1.807) is 19.1 Å². The SMILES string of the molecule is CCC[C@H](N[C@@H](c1ccc(-c2ccc(F)cc2)cc1)C(F)(F)F)C(=O)NC1(C#N)CC1. The number of carbonyl (C=O) groups is 1. The summed E-state index contributed by atoms with van der Waals surface area (Å²) in [5.74, 6) is -0.996. The number of hydrogen-bond donors (Lipinski definition) is 2. The number of nitrogens with one attached hydrogen (secondary N) is 2. The van der Waals surface area contributed by atoms with Gasteiger partial charge >= 0.3 is 6.18 Å². The van der Waals surface area contributed by atoms with Crippen LogP contribution < -0.4 is 10.6 Å². The van der Waals surface area contributed by atoms with Crippen LogP contribution in [0.3, 0.4) is 0 Å². The third-order valence-corrected chi connectivity index (χ3v) is 5.34. The number of amides is 1. The van der Waals surface area contributed by atoms with E-state index in [4.69, 9.17) is 5.26 Å². The van der Waals surface area contributed by atoms with Crippen LogP contribution in [0.2, 0.25) is 0 Å². The van der Waals surface area contributed by atoms with Crippen LogP contribution in [-0.4, -0.2) is 23.7 Å². The largest absolute Gasteiger partial charge is 0.407 e. The highest BCUT2D eigenvalue weighted by atomic mass is 19.4. The van der Waals surface area contributed by atoms with Gasteiger partial charge in [-0.05, 0) is 48.1 Å². The first kappa shape index (κ1) is 22.8. The van der Waals surface area contributed by atoms with Gasteiger partial charge in [-0.15, -0.1) is 0 Å². The Morgan fingerprint density at radius 1 is 1.10 bits per heavy atom. The van der Waals surface area contributed by atoms with E-state index < -0.39 is 35.5 Å². The summed E-state index contributed by atoms with van der Waals surface area (Å²) in [5.41, 5.74) is 0.347. The van der Waals surface area contributed by atoms with E-state index in [0.29, 0.717) is 30.4 Å². The molecule has 8 heteroatoms. The second kappa shape index (κ2) is 9.06. The normalized spacial score (nSPS) is 16.8. The van der Waals surface area contributed by atoms with Crippen LogP contribution in [0.1, 0.15) is 44.2 Å². The molecule has 1 aliphatic carbocycles. The van der Waals surface area contributed by atoms with Crippen molar-refractivity contribution in [1.29, 1.82) is 5.26 Å². The number of benzene rings is 2. The summed E-state index contributed by atoms with van der Waals surface area (Å²) >= 11 is 0. The molecule has 0 heterocycles. The molecule has 3 rings (SSSR count). The molecule has 0 bridgehead atoms. The highest BCUT2D eigenvalue weighted by Crippen LogP contribution is 2.36. The van der Waals surface area contributed by atoms with E-state index >= 15 is 0 Å². The minimum atomic E-state index is -4.63. The molecule has 4 nitrogen and oxygen atoms in total. The van der Waals surface area contributed by atoms with E-state index in [-0.39, 0.29) is 12.0 Å². The van der Waals surface area contributed by atoms with Gasteiger partial charge < -0.3 is 5.32 Å². The van der Waals surface area contributed by atoms with E-state index in [1.807, 2.05) is 6.07 Å². The van der Waals surface area contributed by atoms with Crippen LogP contribution in [0.25, 0.3) is 11.1 Å². The maximum absolute atomic E-state index is 13.9. The third kappa shape index (κ3) is 5.61. The molecule has 0 spiro atoms. The molecule has 2 atom stereocenters. The van der Waals surface area contributed by atoms with E-state index in [9.17, 15) is 22.4 Å². The highest BCUT2D eigenvalue weighted by Gasteiger charge is 2.47. The Kier molecular flexibility index (Phi) is 6.65. The smallest absolute Gasteiger partial charge is 0.336 e. The number of alkyl halides is 3. The summed E-state index contributed by atoms with van der Waals surface area (Å²) in [6.07, 6.45) is -2.92. The Labute approximate surface area is 178 Å². The van der Waals surface area contributed by atoms with Gasteiger partial charge in [0.25, 0.3) is 0 Å². The standard InChI is InChI=1S/C23H23F4N3O/c1-2-3-19(21(31)30-22(14-28)12-13-22)29-20(23(25,26)27)17-6-4-15(5-7-17)16-8-10-18(24)11-9-16/h4-11,19-20,29H,2-3,12-13H2,1H3,(H,30,31)/t19-,20-/m0/s1. The molecule has 0 saturated heterocycles. The maximum atomic E-state index is 13.9. The predicted molar refractivity (Wildman–Crippen MR) is 108 cm³/mol. The second-order valence-corrected chi connectivity index (χ2v) is 7.79. The van der Waals surface area contributed by atoms with Gasteiger partial charge in [-0.25, -0.2) is 4.39 Å². The van der Waals surface area contributed by atoms with E-state index in [2.05, 4.69) is 10.6 Å². The first-order valence-corrected chi connectivity index (χ1v) is 10.1.